The van der Waals surface area contributed by atoms with Crippen molar-refractivity contribution >= 4 is 30.1 Å². The van der Waals surface area contributed by atoms with Crippen LogP contribution >= 0.6 is 24.2 Å². The largest absolute Gasteiger partial charge is 0.478 e. The number of benzene rings is 1. The van der Waals surface area contributed by atoms with E-state index in [4.69, 9.17) is 4.42 Å². The first-order valence-corrected chi connectivity index (χ1v) is 11.0. The number of carboxylic acid groups (broad SMARTS) is 1. The minimum absolute atomic E-state index is 0.139. The fourth-order valence-electron chi connectivity index (χ4n) is 4.05. The van der Waals surface area contributed by atoms with Crippen LogP contribution in [0.25, 0.3) is 10.4 Å². The molecule has 4 rings (SSSR count). The molecule has 0 fully saturated rings. The average Bonchev–Trinajstić information content (AvgIpc) is 3.28. The minimum Gasteiger partial charge on any atom is -0.478 e. The van der Waals surface area contributed by atoms with Crippen molar-refractivity contribution in [1.29, 1.82) is 0 Å². The first-order chi connectivity index (χ1) is 13.8. The van der Waals surface area contributed by atoms with Crippen molar-refractivity contribution in [3.63, 3.8) is 0 Å². The number of fused-ring (bicyclic) bond motifs is 1. The molecular formula is C23H25NO3S2. The van der Waals surface area contributed by atoms with Gasteiger partial charge in [0.05, 0.1) is 18.4 Å². The molecule has 0 atom stereocenters. The molecule has 29 heavy (non-hydrogen) atoms. The number of nitrogens with zero attached hydrogens (tertiary/aromatic N) is 1. The standard InChI is InChI=1S/C23H25NO3S2/c1-23(2)10-9-19-18(12-23)20(22(25)26)21(29-19)17-8-4-3-6-15(17)13-24(28)14-16-7-5-11-27-16/h3-8,11,28H,9-10,12-14H2,1-2H3,(H,25,26). The Kier molecular flexibility index (Phi) is 5.60. The quantitative estimate of drug-likeness (QED) is 0.469. The first-order valence-electron chi connectivity index (χ1n) is 9.76. The number of carbonyl (C=O) groups is 1. The van der Waals surface area contributed by atoms with Crippen molar-refractivity contribution in [2.75, 3.05) is 0 Å². The van der Waals surface area contributed by atoms with Crippen molar-refractivity contribution in [3.05, 3.63) is 70.0 Å². The van der Waals surface area contributed by atoms with Crippen LogP contribution in [-0.2, 0) is 25.9 Å². The summed E-state index contributed by atoms with van der Waals surface area (Å²) in [6.45, 7) is 5.61. The molecule has 1 aliphatic carbocycles. The summed E-state index contributed by atoms with van der Waals surface area (Å²) in [6.07, 6.45) is 4.52. The lowest BCUT2D eigenvalue weighted by Crippen LogP contribution is -2.22. The van der Waals surface area contributed by atoms with Crippen molar-refractivity contribution < 1.29 is 14.3 Å². The molecule has 0 unspecified atom stereocenters. The smallest absolute Gasteiger partial charge is 0.337 e. The number of aromatic carboxylic acids is 1. The van der Waals surface area contributed by atoms with Crippen LogP contribution in [0.15, 0.2) is 47.1 Å². The van der Waals surface area contributed by atoms with E-state index in [1.54, 1.807) is 17.6 Å². The third kappa shape index (κ3) is 4.29. The number of aryl methyl sites for hydroxylation is 1. The van der Waals surface area contributed by atoms with Crippen LogP contribution in [0.2, 0.25) is 0 Å². The van der Waals surface area contributed by atoms with Crippen LogP contribution in [0.4, 0.5) is 0 Å². The summed E-state index contributed by atoms with van der Waals surface area (Å²) in [5.41, 5.74) is 3.71. The molecule has 1 aliphatic rings. The summed E-state index contributed by atoms with van der Waals surface area (Å²) in [5.74, 6) is 0.0147. The van der Waals surface area contributed by atoms with Crippen LogP contribution in [0.1, 0.15) is 52.4 Å². The Morgan fingerprint density at radius 2 is 2.03 bits per heavy atom. The molecule has 6 heteroatoms. The summed E-state index contributed by atoms with van der Waals surface area (Å²) in [7, 11) is 0. The van der Waals surface area contributed by atoms with Crippen LogP contribution < -0.4 is 0 Å². The van der Waals surface area contributed by atoms with E-state index in [1.807, 2.05) is 34.6 Å². The van der Waals surface area contributed by atoms with Crippen molar-refractivity contribution in [2.45, 2.75) is 46.2 Å². The van der Waals surface area contributed by atoms with E-state index in [9.17, 15) is 9.90 Å². The highest BCUT2D eigenvalue weighted by Gasteiger charge is 2.33. The van der Waals surface area contributed by atoms with Gasteiger partial charge in [-0.25, -0.2) is 9.10 Å². The van der Waals surface area contributed by atoms with Gasteiger partial charge in [-0.05, 0) is 53.5 Å². The van der Waals surface area contributed by atoms with Gasteiger partial charge in [-0.2, -0.15) is 0 Å². The maximum absolute atomic E-state index is 12.3. The van der Waals surface area contributed by atoms with Gasteiger partial charge in [0.1, 0.15) is 5.76 Å². The highest BCUT2D eigenvalue weighted by molar-refractivity contribution is 7.77. The van der Waals surface area contributed by atoms with Gasteiger partial charge in [0.2, 0.25) is 0 Å². The van der Waals surface area contributed by atoms with E-state index in [0.717, 1.165) is 46.6 Å². The van der Waals surface area contributed by atoms with Gasteiger partial charge in [0.15, 0.2) is 0 Å². The summed E-state index contributed by atoms with van der Waals surface area (Å²) < 4.78 is 7.30. The van der Waals surface area contributed by atoms with E-state index in [1.165, 1.54) is 4.88 Å². The summed E-state index contributed by atoms with van der Waals surface area (Å²) in [4.78, 5) is 14.4. The van der Waals surface area contributed by atoms with Gasteiger partial charge < -0.3 is 9.52 Å². The molecule has 0 spiro atoms. The molecule has 3 aromatic rings. The molecule has 0 radical (unpaired) electrons. The lowest BCUT2D eigenvalue weighted by atomic mass is 9.76. The van der Waals surface area contributed by atoms with Gasteiger partial charge in [-0.1, -0.05) is 50.9 Å². The predicted octanol–water partition coefficient (Wildman–Crippen LogP) is 6.07. The Bertz CT molecular complexity index is 1020. The SMILES string of the molecule is CC1(C)CCc2sc(-c3ccccc3CN(S)Cc3ccco3)c(C(=O)O)c2C1. The van der Waals surface area contributed by atoms with Gasteiger partial charge in [-0.3, -0.25) is 0 Å². The van der Waals surface area contributed by atoms with Crippen molar-refractivity contribution in [1.82, 2.24) is 4.31 Å². The predicted molar refractivity (Wildman–Crippen MR) is 119 cm³/mol. The zero-order chi connectivity index (χ0) is 20.6. The van der Waals surface area contributed by atoms with Crippen molar-refractivity contribution in [2.24, 2.45) is 5.41 Å². The molecule has 0 amide bonds. The first kappa shape index (κ1) is 20.3. The number of hydrogen-bond donors (Lipinski definition) is 2. The van der Waals surface area contributed by atoms with Gasteiger partial charge in [0, 0.05) is 16.3 Å². The van der Waals surface area contributed by atoms with E-state index >= 15 is 0 Å². The second-order valence-electron chi connectivity index (χ2n) is 8.41. The van der Waals surface area contributed by atoms with Crippen LogP contribution in [0.3, 0.4) is 0 Å². The Morgan fingerprint density at radius 3 is 2.76 bits per heavy atom. The van der Waals surface area contributed by atoms with Crippen LogP contribution in [-0.4, -0.2) is 15.4 Å². The molecule has 0 saturated heterocycles. The maximum atomic E-state index is 12.3. The number of rotatable bonds is 6. The van der Waals surface area contributed by atoms with Gasteiger partial charge in [0.25, 0.3) is 0 Å². The Hall–Kier alpha value is -2.02. The minimum atomic E-state index is -0.830. The molecule has 4 nitrogen and oxygen atoms in total. The fraction of sp³-hybridized carbons (Fsp3) is 0.348. The molecule has 2 heterocycles. The highest BCUT2D eigenvalue weighted by Crippen LogP contribution is 2.45. The number of thiophene rings is 1. The Morgan fingerprint density at radius 1 is 1.24 bits per heavy atom. The zero-order valence-electron chi connectivity index (χ0n) is 16.6. The average molecular weight is 428 g/mol. The number of thiol groups is 1. The fourth-order valence-corrected chi connectivity index (χ4v) is 5.71. The van der Waals surface area contributed by atoms with E-state index in [0.29, 0.717) is 18.7 Å². The molecule has 2 aromatic heterocycles. The lowest BCUT2D eigenvalue weighted by molar-refractivity contribution is 0.0696. The van der Waals surface area contributed by atoms with E-state index < -0.39 is 5.97 Å². The second-order valence-corrected chi connectivity index (χ2v) is 10.1. The van der Waals surface area contributed by atoms with Gasteiger partial charge >= 0.3 is 5.97 Å². The molecule has 1 aromatic carbocycles. The molecule has 0 saturated carbocycles. The highest BCUT2D eigenvalue weighted by atomic mass is 32.1. The second kappa shape index (κ2) is 8.01. The lowest BCUT2D eigenvalue weighted by Gasteiger charge is -2.29. The number of carboxylic acids is 1. The molecule has 0 bridgehead atoms. The third-order valence-electron chi connectivity index (χ3n) is 5.52. The number of furan rings is 1. The van der Waals surface area contributed by atoms with Crippen LogP contribution in [0, 0.1) is 5.41 Å². The normalized spacial score (nSPS) is 15.4. The maximum Gasteiger partial charge on any atom is 0.337 e. The Labute approximate surface area is 180 Å². The molecular weight excluding hydrogens is 402 g/mol. The van der Waals surface area contributed by atoms with E-state index in [2.05, 4.69) is 32.7 Å². The van der Waals surface area contributed by atoms with E-state index in [-0.39, 0.29) is 5.41 Å². The summed E-state index contributed by atoms with van der Waals surface area (Å²) in [5, 5.41) is 10.1. The topological polar surface area (TPSA) is 53.7 Å². The summed E-state index contributed by atoms with van der Waals surface area (Å²) >= 11 is 6.26. The number of hydrogen-bond acceptors (Lipinski definition) is 5. The molecule has 0 aliphatic heterocycles. The van der Waals surface area contributed by atoms with Gasteiger partial charge in [-0.15, -0.1) is 11.3 Å². The van der Waals surface area contributed by atoms with Crippen LogP contribution in [0.5, 0.6) is 0 Å². The van der Waals surface area contributed by atoms with Crippen molar-refractivity contribution in [3.8, 4) is 10.4 Å². The third-order valence-corrected chi connectivity index (χ3v) is 7.13. The Balaban J connectivity index is 1.71. The summed E-state index contributed by atoms with van der Waals surface area (Å²) in [6, 6.07) is 11.8. The molecule has 152 valence electrons. The zero-order valence-corrected chi connectivity index (χ0v) is 18.4. The monoisotopic (exact) mass is 427 g/mol. The molecule has 1 N–H and O–H groups in total.